The Kier molecular flexibility index (Phi) is 1.39. The molecule has 0 N–H and O–H groups in total. The van der Waals surface area contributed by atoms with Crippen LogP contribution in [0.3, 0.4) is 0 Å². The molecule has 0 fully saturated rings. The van der Waals surface area contributed by atoms with Crippen molar-refractivity contribution in [3.63, 3.8) is 0 Å². The molecule has 1 unspecified atom stereocenters. The number of nitrogens with zero attached hydrogens (tertiary/aromatic N) is 1. The Bertz CT molecular complexity index is 357. The van der Waals surface area contributed by atoms with Gasteiger partial charge in [-0.05, 0) is 12.5 Å². The molecule has 1 atom stereocenters. The smallest absolute Gasteiger partial charge is 0.173 e. The molecule has 0 amide bonds. The molecular weight excluding hydrogens is 158 g/mol. The SMILES string of the molecule is Cc1cccc2c1S(=O)N=C2. The molecule has 2 rings (SSSR count). The standard InChI is InChI=1S/C8H7NOS/c1-6-3-2-4-7-5-9-11(10)8(6)7/h2-5H,1H3. The van der Waals surface area contributed by atoms with Crippen LogP contribution in [0.5, 0.6) is 0 Å². The topological polar surface area (TPSA) is 29.4 Å². The van der Waals surface area contributed by atoms with Crippen molar-refractivity contribution in [2.24, 2.45) is 4.40 Å². The minimum atomic E-state index is -1.14. The zero-order valence-electron chi connectivity index (χ0n) is 6.07. The maximum Gasteiger partial charge on any atom is 0.173 e. The van der Waals surface area contributed by atoms with Crippen molar-refractivity contribution in [3.8, 4) is 0 Å². The zero-order valence-corrected chi connectivity index (χ0v) is 6.89. The first-order chi connectivity index (χ1) is 5.29. The lowest BCUT2D eigenvalue weighted by atomic mass is 10.1. The molecule has 0 radical (unpaired) electrons. The van der Waals surface area contributed by atoms with Gasteiger partial charge in [-0.2, -0.15) is 4.40 Å². The Hall–Kier alpha value is -0.960. The number of hydrogen-bond acceptors (Lipinski definition) is 1. The molecule has 1 aliphatic heterocycles. The summed E-state index contributed by atoms with van der Waals surface area (Å²) in [5.41, 5.74) is 2.04. The van der Waals surface area contributed by atoms with Crippen LogP contribution in [0.2, 0.25) is 0 Å². The van der Waals surface area contributed by atoms with Crippen LogP contribution in [0, 0.1) is 6.92 Å². The third-order valence-electron chi connectivity index (χ3n) is 1.70. The van der Waals surface area contributed by atoms with Gasteiger partial charge in [-0.1, -0.05) is 18.2 Å². The first-order valence-corrected chi connectivity index (χ1v) is 4.45. The maximum atomic E-state index is 11.2. The third-order valence-corrected chi connectivity index (χ3v) is 2.91. The number of fused-ring (bicyclic) bond motifs is 1. The molecular formula is C8H7NOS. The van der Waals surface area contributed by atoms with E-state index in [4.69, 9.17) is 0 Å². The summed E-state index contributed by atoms with van der Waals surface area (Å²) in [6.45, 7) is 1.95. The molecule has 0 saturated heterocycles. The highest BCUT2D eigenvalue weighted by atomic mass is 32.2. The van der Waals surface area contributed by atoms with Crippen LogP contribution >= 0.6 is 0 Å². The number of rotatable bonds is 0. The van der Waals surface area contributed by atoms with Crippen LogP contribution in [0.25, 0.3) is 0 Å². The highest BCUT2D eigenvalue weighted by Crippen LogP contribution is 2.22. The van der Waals surface area contributed by atoms with Gasteiger partial charge < -0.3 is 0 Å². The summed E-state index contributed by atoms with van der Waals surface area (Å²) in [5, 5.41) is 0. The summed E-state index contributed by atoms with van der Waals surface area (Å²) in [6, 6.07) is 5.82. The molecule has 2 nitrogen and oxygen atoms in total. The van der Waals surface area contributed by atoms with E-state index in [1.165, 1.54) is 0 Å². The van der Waals surface area contributed by atoms with Gasteiger partial charge in [0.1, 0.15) is 0 Å². The third kappa shape index (κ3) is 0.922. The fourth-order valence-corrected chi connectivity index (χ4v) is 2.15. The Morgan fingerprint density at radius 3 is 3.00 bits per heavy atom. The fraction of sp³-hybridized carbons (Fsp3) is 0.125. The second-order valence-corrected chi connectivity index (χ2v) is 3.59. The monoisotopic (exact) mass is 165 g/mol. The average Bonchev–Trinajstić information content (AvgIpc) is 2.34. The molecule has 11 heavy (non-hydrogen) atoms. The highest BCUT2D eigenvalue weighted by Gasteiger charge is 2.15. The van der Waals surface area contributed by atoms with E-state index >= 15 is 0 Å². The van der Waals surface area contributed by atoms with Gasteiger partial charge in [0.25, 0.3) is 0 Å². The molecule has 0 spiro atoms. The fourth-order valence-electron chi connectivity index (χ4n) is 1.17. The van der Waals surface area contributed by atoms with E-state index in [-0.39, 0.29) is 0 Å². The van der Waals surface area contributed by atoms with Crippen molar-refractivity contribution in [2.45, 2.75) is 11.8 Å². The zero-order chi connectivity index (χ0) is 7.84. The van der Waals surface area contributed by atoms with Crippen LogP contribution in [0.15, 0.2) is 27.5 Å². The Morgan fingerprint density at radius 1 is 1.45 bits per heavy atom. The van der Waals surface area contributed by atoms with Gasteiger partial charge >= 0.3 is 0 Å². The minimum absolute atomic E-state index is 0.868. The van der Waals surface area contributed by atoms with Crippen LogP contribution in [0.1, 0.15) is 11.1 Å². The number of benzene rings is 1. The van der Waals surface area contributed by atoms with Crippen molar-refractivity contribution >= 4 is 17.2 Å². The average molecular weight is 165 g/mol. The Balaban J connectivity index is 2.74. The van der Waals surface area contributed by atoms with Crippen LogP contribution < -0.4 is 0 Å². The van der Waals surface area contributed by atoms with E-state index in [1.807, 2.05) is 25.1 Å². The van der Waals surface area contributed by atoms with Gasteiger partial charge in [0.2, 0.25) is 0 Å². The lowest BCUT2D eigenvalue weighted by Gasteiger charge is -1.98. The Labute approximate surface area is 67.6 Å². The molecule has 0 bridgehead atoms. The maximum absolute atomic E-state index is 11.2. The van der Waals surface area contributed by atoms with Gasteiger partial charge in [-0.15, -0.1) is 0 Å². The molecule has 1 aromatic carbocycles. The lowest BCUT2D eigenvalue weighted by molar-refractivity contribution is 0.685. The molecule has 3 heteroatoms. The molecule has 1 heterocycles. The van der Waals surface area contributed by atoms with Crippen LogP contribution in [-0.4, -0.2) is 10.4 Å². The molecule has 56 valence electrons. The summed E-state index contributed by atoms with van der Waals surface area (Å²) < 4.78 is 15.0. The largest absolute Gasteiger partial charge is 0.229 e. The van der Waals surface area contributed by atoms with Crippen LogP contribution in [-0.2, 0) is 11.0 Å². The summed E-state index contributed by atoms with van der Waals surface area (Å²) in [7, 11) is -1.14. The molecule has 0 aromatic heterocycles. The van der Waals surface area contributed by atoms with Crippen molar-refractivity contribution in [2.75, 3.05) is 0 Å². The number of aryl methyl sites for hydroxylation is 1. The highest BCUT2D eigenvalue weighted by molar-refractivity contribution is 7.84. The van der Waals surface area contributed by atoms with Gasteiger partial charge in [-0.3, -0.25) is 0 Å². The van der Waals surface area contributed by atoms with Crippen molar-refractivity contribution in [3.05, 3.63) is 29.3 Å². The second kappa shape index (κ2) is 2.27. The molecule has 0 saturated carbocycles. The summed E-state index contributed by atoms with van der Waals surface area (Å²) in [5.74, 6) is 0. The minimum Gasteiger partial charge on any atom is -0.229 e. The van der Waals surface area contributed by atoms with Gasteiger partial charge in [-0.25, -0.2) is 4.21 Å². The first-order valence-electron chi connectivity index (χ1n) is 3.34. The van der Waals surface area contributed by atoms with Crippen LogP contribution in [0.4, 0.5) is 0 Å². The lowest BCUT2D eigenvalue weighted by Crippen LogP contribution is -1.89. The first kappa shape index (κ1) is 6.73. The predicted octanol–water partition coefficient (Wildman–Crippen LogP) is 1.45. The van der Waals surface area contributed by atoms with Gasteiger partial charge in [0, 0.05) is 11.8 Å². The Morgan fingerprint density at radius 2 is 2.27 bits per heavy atom. The van der Waals surface area contributed by atoms with E-state index in [9.17, 15) is 4.21 Å². The second-order valence-electron chi connectivity index (χ2n) is 2.48. The molecule has 1 aromatic rings. The number of hydrogen-bond donors (Lipinski definition) is 0. The van der Waals surface area contributed by atoms with E-state index < -0.39 is 11.0 Å². The predicted molar refractivity (Wildman–Crippen MR) is 45.2 cm³/mol. The summed E-state index contributed by atoms with van der Waals surface area (Å²) in [4.78, 5) is 0.868. The van der Waals surface area contributed by atoms with E-state index in [2.05, 4.69) is 4.40 Å². The van der Waals surface area contributed by atoms with Crippen molar-refractivity contribution < 1.29 is 4.21 Å². The van der Waals surface area contributed by atoms with Gasteiger partial charge in [0.05, 0.1) is 4.90 Å². The van der Waals surface area contributed by atoms with E-state index in [0.29, 0.717) is 0 Å². The van der Waals surface area contributed by atoms with Crippen molar-refractivity contribution in [1.82, 2.24) is 0 Å². The summed E-state index contributed by atoms with van der Waals surface area (Å²) in [6.07, 6.45) is 1.67. The van der Waals surface area contributed by atoms with Gasteiger partial charge in [0.15, 0.2) is 11.0 Å². The summed E-state index contributed by atoms with van der Waals surface area (Å²) >= 11 is 0. The van der Waals surface area contributed by atoms with E-state index in [0.717, 1.165) is 16.0 Å². The normalized spacial score (nSPS) is 20.3. The van der Waals surface area contributed by atoms with Crippen molar-refractivity contribution in [1.29, 1.82) is 0 Å². The molecule has 0 aliphatic carbocycles. The quantitative estimate of drug-likeness (QED) is 0.572. The van der Waals surface area contributed by atoms with E-state index in [1.54, 1.807) is 6.21 Å². The molecule has 1 aliphatic rings.